The number of ether oxygens (including phenoxy) is 1. The molecule has 1 aromatic carbocycles. The summed E-state index contributed by atoms with van der Waals surface area (Å²) in [5.74, 6) is 2.36. The summed E-state index contributed by atoms with van der Waals surface area (Å²) in [6, 6.07) is 13.4. The first-order valence-electron chi connectivity index (χ1n) is 10.8. The van der Waals surface area contributed by atoms with E-state index < -0.39 is 0 Å². The normalized spacial score (nSPS) is 16.5. The Bertz CT molecular complexity index is 831. The molecule has 0 radical (unpaired) electrons. The minimum atomic E-state index is -0.170. The van der Waals surface area contributed by atoms with Crippen LogP contribution in [0.4, 0.5) is 0 Å². The van der Waals surface area contributed by atoms with Crippen molar-refractivity contribution < 1.29 is 18.7 Å². The lowest BCUT2D eigenvalue weighted by atomic mass is 9.95. The Morgan fingerprint density at radius 2 is 1.97 bits per heavy atom. The van der Waals surface area contributed by atoms with Crippen LogP contribution in [0.3, 0.4) is 0 Å². The van der Waals surface area contributed by atoms with Crippen molar-refractivity contribution in [1.82, 2.24) is 9.80 Å². The zero-order valence-corrected chi connectivity index (χ0v) is 18.2. The zero-order valence-electron chi connectivity index (χ0n) is 18.2. The highest BCUT2D eigenvalue weighted by Gasteiger charge is 2.32. The zero-order chi connectivity index (χ0) is 21.5. The van der Waals surface area contributed by atoms with Crippen LogP contribution in [0.15, 0.2) is 46.9 Å². The number of piperidine rings is 1. The fraction of sp³-hybridized carbons (Fsp3) is 0.500. The van der Waals surface area contributed by atoms with Gasteiger partial charge in [-0.25, -0.2) is 0 Å². The molecule has 0 bridgehead atoms. The van der Waals surface area contributed by atoms with Crippen LogP contribution >= 0.6 is 0 Å². The third-order valence-electron chi connectivity index (χ3n) is 5.48. The van der Waals surface area contributed by atoms with Crippen LogP contribution in [0.5, 0.6) is 5.75 Å². The van der Waals surface area contributed by atoms with Gasteiger partial charge in [0.15, 0.2) is 0 Å². The van der Waals surface area contributed by atoms with E-state index in [1.54, 1.807) is 0 Å². The van der Waals surface area contributed by atoms with E-state index in [0.29, 0.717) is 32.7 Å². The summed E-state index contributed by atoms with van der Waals surface area (Å²) in [7, 11) is 0. The Balaban J connectivity index is 1.54. The summed E-state index contributed by atoms with van der Waals surface area (Å²) in [5, 5.41) is 0. The number of carbonyl (C=O) groups is 2. The van der Waals surface area contributed by atoms with Gasteiger partial charge in [-0.05, 0) is 57.9 Å². The van der Waals surface area contributed by atoms with E-state index in [0.717, 1.165) is 30.1 Å². The average Bonchev–Trinajstić information content (AvgIpc) is 3.17. The molecule has 0 saturated carbocycles. The van der Waals surface area contributed by atoms with Crippen LogP contribution in [-0.4, -0.2) is 47.4 Å². The molecular weight excluding hydrogens is 380 g/mol. The molecule has 6 nitrogen and oxygen atoms in total. The van der Waals surface area contributed by atoms with Crippen molar-refractivity contribution in [3.05, 3.63) is 54.0 Å². The van der Waals surface area contributed by atoms with Gasteiger partial charge in [0.05, 0.1) is 25.5 Å². The number of hydrogen-bond donors (Lipinski definition) is 0. The second-order valence-electron chi connectivity index (χ2n) is 8.16. The standard InChI is InChI=1S/C24H32N2O4/c1-18(2)26(17-22-12-11-19(3)30-22)24(28)20-8-7-14-25(16-20)23(27)13-15-29-21-9-5-4-6-10-21/h4-6,9-12,18,20H,7-8,13-17H2,1-3H3. The Hall–Kier alpha value is -2.76. The van der Waals surface area contributed by atoms with E-state index in [9.17, 15) is 9.59 Å². The number of para-hydroxylation sites is 1. The summed E-state index contributed by atoms with van der Waals surface area (Å²) in [4.78, 5) is 29.6. The number of amides is 2. The molecule has 3 rings (SSSR count). The highest BCUT2D eigenvalue weighted by Crippen LogP contribution is 2.22. The van der Waals surface area contributed by atoms with Gasteiger partial charge in [-0.2, -0.15) is 0 Å². The summed E-state index contributed by atoms with van der Waals surface area (Å²) < 4.78 is 11.3. The smallest absolute Gasteiger partial charge is 0.228 e. The van der Waals surface area contributed by atoms with Gasteiger partial charge in [0, 0.05) is 19.1 Å². The molecule has 30 heavy (non-hydrogen) atoms. The Morgan fingerprint density at radius 1 is 1.20 bits per heavy atom. The van der Waals surface area contributed by atoms with Crippen LogP contribution in [-0.2, 0) is 16.1 Å². The van der Waals surface area contributed by atoms with Gasteiger partial charge >= 0.3 is 0 Å². The molecule has 1 aliphatic heterocycles. The molecule has 1 atom stereocenters. The highest BCUT2D eigenvalue weighted by atomic mass is 16.5. The van der Waals surface area contributed by atoms with E-state index in [1.165, 1.54) is 0 Å². The molecule has 1 fully saturated rings. The quantitative estimate of drug-likeness (QED) is 0.657. The topological polar surface area (TPSA) is 63.0 Å². The molecule has 162 valence electrons. The van der Waals surface area contributed by atoms with Gasteiger partial charge in [0.1, 0.15) is 17.3 Å². The van der Waals surface area contributed by atoms with E-state index >= 15 is 0 Å². The van der Waals surface area contributed by atoms with Crippen molar-refractivity contribution in [2.45, 2.75) is 52.6 Å². The lowest BCUT2D eigenvalue weighted by molar-refractivity contribution is -0.143. The number of hydrogen-bond acceptors (Lipinski definition) is 4. The number of carbonyl (C=O) groups excluding carboxylic acids is 2. The fourth-order valence-electron chi connectivity index (χ4n) is 3.82. The molecule has 0 N–H and O–H groups in total. The molecule has 2 amide bonds. The maximum Gasteiger partial charge on any atom is 0.228 e. The SMILES string of the molecule is Cc1ccc(CN(C(=O)C2CCCN(C(=O)CCOc3ccccc3)C2)C(C)C)o1. The fourth-order valence-corrected chi connectivity index (χ4v) is 3.82. The molecule has 2 aromatic rings. The van der Waals surface area contributed by atoms with Gasteiger partial charge in [-0.1, -0.05) is 18.2 Å². The number of furan rings is 1. The second-order valence-corrected chi connectivity index (χ2v) is 8.16. The molecule has 2 heterocycles. The van der Waals surface area contributed by atoms with Gasteiger partial charge in [-0.15, -0.1) is 0 Å². The van der Waals surface area contributed by atoms with Crippen molar-refractivity contribution in [3.8, 4) is 5.75 Å². The number of rotatable bonds is 8. The molecule has 1 saturated heterocycles. The van der Waals surface area contributed by atoms with Crippen LogP contribution in [0, 0.1) is 12.8 Å². The van der Waals surface area contributed by atoms with Crippen LogP contribution in [0.2, 0.25) is 0 Å². The summed E-state index contributed by atoms with van der Waals surface area (Å²) >= 11 is 0. The predicted octanol–water partition coefficient (Wildman–Crippen LogP) is 4.03. The monoisotopic (exact) mass is 412 g/mol. The van der Waals surface area contributed by atoms with Crippen LogP contribution in [0.1, 0.15) is 44.6 Å². The molecule has 1 aliphatic rings. The first-order chi connectivity index (χ1) is 14.4. The number of benzene rings is 1. The van der Waals surface area contributed by atoms with Gasteiger partial charge in [0.2, 0.25) is 11.8 Å². The van der Waals surface area contributed by atoms with Crippen LogP contribution in [0.25, 0.3) is 0 Å². The molecule has 0 spiro atoms. The average molecular weight is 413 g/mol. The van der Waals surface area contributed by atoms with Gasteiger partial charge in [0.25, 0.3) is 0 Å². The predicted molar refractivity (Wildman–Crippen MR) is 115 cm³/mol. The number of aryl methyl sites for hydroxylation is 1. The first kappa shape index (κ1) is 21.9. The number of likely N-dealkylation sites (tertiary alicyclic amines) is 1. The summed E-state index contributed by atoms with van der Waals surface area (Å²) in [5.41, 5.74) is 0. The van der Waals surface area contributed by atoms with Crippen molar-refractivity contribution >= 4 is 11.8 Å². The maximum absolute atomic E-state index is 13.2. The largest absolute Gasteiger partial charge is 0.493 e. The van der Waals surface area contributed by atoms with E-state index in [2.05, 4.69) is 0 Å². The van der Waals surface area contributed by atoms with E-state index in [-0.39, 0.29) is 23.8 Å². The highest BCUT2D eigenvalue weighted by molar-refractivity contribution is 5.81. The molecule has 6 heteroatoms. The minimum Gasteiger partial charge on any atom is -0.493 e. The van der Waals surface area contributed by atoms with Gasteiger partial charge < -0.3 is 19.0 Å². The van der Waals surface area contributed by atoms with E-state index in [1.807, 2.05) is 73.0 Å². The lowest BCUT2D eigenvalue weighted by Gasteiger charge is -2.36. The Morgan fingerprint density at radius 3 is 2.63 bits per heavy atom. The van der Waals surface area contributed by atoms with Gasteiger partial charge in [-0.3, -0.25) is 9.59 Å². The van der Waals surface area contributed by atoms with Crippen molar-refractivity contribution in [1.29, 1.82) is 0 Å². The van der Waals surface area contributed by atoms with Crippen molar-refractivity contribution in [2.75, 3.05) is 19.7 Å². The molecule has 1 unspecified atom stereocenters. The van der Waals surface area contributed by atoms with Crippen LogP contribution < -0.4 is 4.74 Å². The third kappa shape index (κ3) is 5.88. The molecule has 0 aliphatic carbocycles. The Labute approximate surface area is 178 Å². The Kier molecular flexibility index (Phi) is 7.55. The third-order valence-corrected chi connectivity index (χ3v) is 5.48. The minimum absolute atomic E-state index is 0.0428. The molecular formula is C24H32N2O4. The number of nitrogens with zero attached hydrogens (tertiary/aromatic N) is 2. The first-order valence-corrected chi connectivity index (χ1v) is 10.8. The summed E-state index contributed by atoms with van der Waals surface area (Å²) in [6.45, 7) is 7.90. The van der Waals surface area contributed by atoms with E-state index in [4.69, 9.17) is 9.15 Å². The molecule has 1 aromatic heterocycles. The van der Waals surface area contributed by atoms with Crippen molar-refractivity contribution in [3.63, 3.8) is 0 Å². The lowest BCUT2D eigenvalue weighted by Crippen LogP contribution is -2.48. The maximum atomic E-state index is 13.2. The second kappa shape index (κ2) is 10.3. The summed E-state index contributed by atoms with van der Waals surface area (Å²) in [6.07, 6.45) is 1.96. The van der Waals surface area contributed by atoms with Crippen molar-refractivity contribution in [2.24, 2.45) is 5.92 Å².